The van der Waals surface area contributed by atoms with E-state index in [-0.39, 0.29) is 18.6 Å². The van der Waals surface area contributed by atoms with Gasteiger partial charge in [-0.1, -0.05) is 29.8 Å². The Balaban J connectivity index is 2.27. The number of hydrogen-bond acceptors (Lipinski definition) is 3. The second kappa shape index (κ2) is 6.94. The molecule has 5 nitrogen and oxygen atoms in total. The van der Waals surface area contributed by atoms with Crippen molar-refractivity contribution >= 4 is 17.5 Å². The number of hydrogen-bond donors (Lipinski definition) is 2. The number of carbonyl (C=O) groups is 1. The number of benzene rings is 1. The number of amides is 1. The van der Waals surface area contributed by atoms with E-state index < -0.39 is 0 Å². The summed E-state index contributed by atoms with van der Waals surface area (Å²) in [4.78, 5) is 12.3. The standard InChI is InChI=1S/C16H20ClN3O2/c1-10(9-21)18-16(22)15-11(2)19-20(12(15)3)8-13-6-4-5-7-14(13)17/h4-7,10,21H,8-9H2,1-3H3,(H,18,22). The van der Waals surface area contributed by atoms with Gasteiger partial charge < -0.3 is 10.4 Å². The van der Waals surface area contributed by atoms with Crippen molar-refractivity contribution in [2.75, 3.05) is 6.61 Å². The molecule has 6 heteroatoms. The van der Waals surface area contributed by atoms with Crippen LogP contribution >= 0.6 is 11.6 Å². The largest absolute Gasteiger partial charge is 0.394 e. The summed E-state index contributed by atoms with van der Waals surface area (Å²) < 4.78 is 1.77. The van der Waals surface area contributed by atoms with Crippen molar-refractivity contribution < 1.29 is 9.90 Å². The van der Waals surface area contributed by atoms with E-state index in [1.807, 2.05) is 31.2 Å². The van der Waals surface area contributed by atoms with Crippen LogP contribution in [0.1, 0.15) is 34.2 Å². The molecule has 1 aromatic carbocycles. The Bertz CT molecular complexity index is 682. The third-order valence-electron chi connectivity index (χ3n) is 3.54. The van der Waals surface area contributed by atoms with E-state index in [1.54, 1.807) is 18.5 Å². The summed E-state index contributed by atoms with van der Waals surface area (Å²) in [7, 11) is 0. The molecular formula is C16H20ClN3O2. The van der Waals surface area contributed by atoms with Gasteiger partial charge in [-0.25, -0.2) is 0 Å². The fourth-order valence-electron chi connectivity index (χ4n) is 2.31. The molecule has 1 heterocycles. The second-order valence-corrected chi connectivity index (χ2v) is 5.76. The highest BCUT2D eigenvalue weighted by atomic mass is 35.5. The second-order valence-electron chi connectivity index (χ2n) is 5.35. The van der Waals surface area contributed by atoms with E-state index in [0.29, 0.717) is 22.8 Å². The van der Waals surface area contributed by atoms with Crippen molar-refractivity contribution in [3.8, 4) is 0 Å². The summed E-state index contributed by atoms with van der Waals surface area (Å²) in [6, 6.07) is 7.27. The third kappa shape index (κ3) is 3.48. The van der Waals surface area contributed by atoms with Crippen LogP contribution in [0.4, 0.5) is 0 Å². The summed E-state index contributed by atoms with van der Waals surface area (Å²) >= 11 is 6.18. The molecule has 0 spiro atoms. The summed E-state index contributed by atoms with van der Waals surface area (Å²) in [5, 5.41) is 16.9. The molecular weight excluding hydrogens is 302 g/mol. The van der Waals surface area contributed by atoms with E-state index in [9.17, 15) is 4.79 Å². The lowest BCUT2D eigenvalue weighted by molar-refractivity contribution is 0.0921. The van der Waals surface area contributed by atoms with Crippen molar-refractivity contribution in [3.05, 3.63) is 51.8 Å². The highest BCUT2D eigenvalue weighted by Gasteiger charge is 2.20. The average molecular weight is 322 g/mol. The molecule has 1 atom stereocenters. The number of aliphatic hydroxyl groups is 1. The Morgan fingerprint density at radius 3 is 2.73 bits per heavy atom. The van der Waals surface area contributed by atoms with Gasteiger partial charge in [-0.05, 0) is 32.4 Å². The lowest BCUT2D eigenvalue weighted by Crippen LogP contribution is -2.35. The monoisotopic (exact) mass is 321 g/mol. The first-order valence-corrected chi connectivity index (χ1v) is 7.51. The van der Waals surface area contributed by atoms with E-state index in [0.717, 1.165) is 11.3 Å². The molecule has 1 unspecified atom stereocenters. The summed E-state index contributed by atoms with van der Waals surface area (Å²) in [5.74, 6) is -0.220. The van der Waals surface area contributed by atoms with Crippen LogP contribution < -0.4 is 5.32 Å². The molecule has 22 heavy (non-hydrogen) atoms. The van der Waals surface area contributed by atoms with E-state index in [2.05, 4.69) is 10.4 Å². The van der Waals surface area contributed by atoms with Crippen LogP contribution in [0.25, 0.3) is 0 Å². The zero-order chi connectivity index (χ0) is 16.3. The van der Waals surface area contributed by atoms with Gasteiger partial charge >= 0.3 is 0 Å². The smallest absolute Gasteiger partial charge is 0.255 e. The minimum absolute atomic E-state index is 0.0996. The predicted octanol–water partition coefficient (Wildman–Crippen LogP) is 2.31. The number of aromatic nitrogens is 2. The maximum absolute atomic E-state index is 12.3. The van der Waals surface area contributed by atoms with Gasteiger partial charge in [0.05, 0.1) is 24.4 Å². The van der Waals surface area contributed by atoms with Crippen LogP contribution in [-0.2, 0) is 6.54 Å². The summed E-state index contributed by atoms with van der Waals surface area (Å²) in [5.41, 5.74) is 2.94. The Kier molecular flexibility index (Phi) is 5.21. The predicted molar refractivity (Wildman–Crippen MR) is 86.3 cm³/mol. The van der Waals surface area contributed by atoms with Gasteiger partial charge in [-0.2, -0.15) is 5.10 Å². The van der Waals surface area contributed by atoms with Crippen LogP contribution in [0, 0.1) is 13.8 Å². The zero-order valence-electron chi connectivity index (χ0n) is 12.9. The number of nitrogens with zero attached hydrogens (tertiary/aromatic N) is 2. The molecule has 2 N–H and O–H groups in total. The Labute approximate surface area is 134 Å². The summed E-state index contributed by atoms with van der Waals surface area (Å²) in [6.07, 6.45) is 0. The molecule has 0 saturated carbocycles. The Morgan fingerprint density at radius 1 is 1.41 bits per heavy atom. The van der Waals surface area contributed by atoms with Crippen molar-refractivity contribution in [2.24, 2.45) is 0 Å². The Hall–Kier alpha value is -1.85. The SMILES string of the molecule is Cc1nn(Cc2ccccc2Cl)c(C)c1C(=O)NC(C)CO. The number of rotatable bonds is 5. The molecule has 118 valence electrons. The van der Waals surface area contributed by atoms with Gasteiger partial charge in [0.15, 0.2) is 0 Å². The van der Waals surface area contributed by atoms with Crippen molar-refractivity contribution in [1.82, 2.24) is 15.1 Å². The van der Waals surface area contributed by atoms with Crippen LogP contribution in [0.15, 0.2) is 24.3 Å². The average Bonchev–Trinajstić information content (AvgIpc) is 2.75. The topological polar surface area (TPSA) is 67.2 Å². The van der Waals surface area contributed by atoms with Gasteiger partial charge in [0.1, 0.15) is 0 Å². The normalized spacial score (nSPS) is 12.2. The van der Waals surface area contributed by atoms with Gasteiger partial charge in [0, 0.05) is 16.8 Å². The van der Waals surface area contributed by atoms with Crippen LogP contribution in [0.2, 0.25) is 5.02 Å². The van der Waals surface area contributed by atoms with Gasteiger partial charge in [0.25, 0.3) is 5.91 Å². The first kappa shape index (κ1) is 16.5. The van der Waals surface area contributed by atoms with Crippen LogP contribution in [0.5, 0.6) is 0 Å². The molecule has 0 aliphatic rings. The molecule has 0 saturated heterocycles. The fourth-order valence-corrected chi connectivity index (χ4v) is 2.50. The van der Waals surface area contributed by atoms with Crippen molar-refractivity contribution in [3.63, 3.8) is 0 Å². The minimum Gasteiger partial charge on any atom is -0.394 e. The lowest BCUT2D eigenvalue weighted by Gasteiger charge is -2.11. The number of carbonyl (C=O) groups excluding carboxylic acids is 1. The van der Waals surface area contributed by atoms with Crippen LogP contribution in [-0.4, -0.2) is 33.4 Å². The molecule has 1 aromatic heterocycles. The summed E-state index contributed by atoms with van der Waals surface area (Å²) in [6.45, 7) is 5.81. The van der Waals surface area contributed by atoms with E-state index in [1.165, 1.54) is 0 Å². The third-order valence-corrected chi connectivity index (χ3v) is 3.91. The quantitative estimate of drug-likeness (QED) is 0.888. The molecule has 1 amide bonds. The lowest BCUT2D eigenvalue weighted by atomic mass is 10.1. The van der Waals surface area contributed by atoms with E-state index in [4.69, 9.17) is 16.7 Å². The number of halogens is 1. The number of nitrogens with one attached hydrogen (secondary N) is 1. The molecule has 0 aliphatic carbocycles. The first-order chi connectivity index (χ1) is 10.4. The number of aryl methyl sites for hydroxylation is 1. The number of aliphatic hydroxyl groups excluding tert-OH is 1. The minimum atomic E-state index is -0.293. The molecule has 0 aliphatic heterocycles. The van der Waals surface area contributed by atoms with Gasteiger partial charge in [0.2, 0.25) is 0 Å². The maximum Gasteiger partial charge on any atom is 0.255 e. The van der Waals surface area contributed by atoms with Crippen molar-refractivity contribution in [2.45, 2.75) is 33.4 Å². The molecule has 2 rings (SSSR count). The molecule has 0 radical (unpaired) electrons. The van der Waals surface area contributed by atoms with E-state index >= 15 is 0 Å². The Morgan fingerprint density at radius 2 is 2.09 bits per heavy atom. The van der Waals surface area contributed by atoms with Gasteiger partial charge in [-0.15, -0.1) is 0 Å². The van der Waals surface area contributed by atoms with Gasteiger partial charge in [-0.3, -0.25) is 9.48 Å². The fraction of sp³-hybridized carbons (Fsp3) is 0.375. The first-order valence-electron chi connectivity index (χ1n) is 7.13. The van der Waals surface area contributed by atoms with Crippen LogP contribution in [0.3, 0.4) is 0 Å². The zero-order valence-corrected chi connectivity index (χ0v) is 13.7. The highest BCUT2D eigenvalue weighted by Crippen LogP contribution is 2.19. The highest BCUT2D eigenvalue weighted by molar-refractivity contribution is 6.31. The molecule has 0 bridgehead atoms. The van der Waals surface area contributed by atoms with Crippen molar-refractivity contribution in [1.29, 1.82) is 0 Å². The molecule has 0 fully saturated rings. The molecule has 2 aromatic rings. The maximum atomic E-state index is 12.3.